The van der Waals surface area contributed by atoms with Gasteiger partial charge >= 0.3 is 7.12 Å². The van der Waals surface area contributed by atoms with Crippen molar-refractivity contribution in [1.29, 1.82) is 0 Å². The first-order valence-corrected chi connectivity index (χ1v) is 4.10. The van der Waals surface area contributed by atoms with E-state index < -0.39 is 7.12 Å². The van der Waals surface area contributed by atoms with E-state index in [9.17, 15) is 0 Å². The van der Waals surface area contributed by atoms with Crippen molar-refractivity contribution < 1.29 is 10.0 Å². The SMILES string of the molecule is OB(O)c1cccnc1-n1cccn1. The van der Waals surface area contributed by atoms with Gasteiger partial charge in [0.05, 0.1) is 0 Å². The minimum Gasteiger partial charge on any atom is -0.423 e. The Kier molecular flexibility index (Phi) is 2.30. The maximum atomic E-state index is 9.08. The van der Waals surface area contributed by atoms with E-state index in [1.165, 1.54) is 4.68 Å². The van der Waals surface area contributed by atoms with Gasteiger partial charge in [0.2, 0.25) is 0 Å². The number of rotatable bonds is 2. The summed E-state index contributed by atoms with van der Waals surface area (Å²) in [4.78, 5) is 4.02. The molecule has 0 atom stereocenters. The van der Waals surface area contributed by atoms with E-state index in [0.29, 0.717) is 11.3 Å². The third kappa shape index (κ3) is 1.52. The summed E-state index contributed by atoms with van der Waals surface area (Å²) in [5.41, 5.74) is 0.330. The van der Waals surface area contributed by atoms with Gasteiger partial charge in [-0.15, -0.1) is 0 Å². The molecule has 14 heavy (non-hydrogen) atoms. The molecule has 0 saturated heterocycles. The molecule has 2 aromatic heterocycles. The maximum Gasteiger partial charge on any atom is 0.492 e. The van der Waals surface area contributed by atoms with Crippen LogP contribution in [0.1, 0.15) is 0 Å². The van der Waals surface area contributed by atoms with Gasteiger partial charge in [-0.25, -0.2) is 9.67 Å². The van der Waals surface area contributed by atoms with Gasteiger partial charge in [-0.2, -0.15) is 5.10 Å². The summed E-state index contributed by atoms with van der Waals surface area (Å²) >= 11 is 0. The van der Waals surface area contributed by atoms with E-state index in [4.69, 9.17) is 10.0 Å². The molecule has 0 saturated carbocycles. The first-order chi connectivity index (χ1) is 6.79. The van der Waals surface area contributed by atoms with Crippen LogP contribution in [0, 0.1) is 0 Å². The van der Waals surface area contributed by atoms with Gasteiger partial charge in [-0.05, 0) is 12.1 Å². The van der Waals surface area contributed by atoms with Gasteiger partial charge in [0.1, 0.15) is 0 Å². The topological polar surface area (TPSA) is 71.2 Å². The Morgan fingerprint density at radius 1 is 1.21 bits per heavy atom. The second-order valence-corrected chi connectivity index (χ2v) is 2.74. The van der Waals surface area contributed by atoms with Crippen molar-refractivity contribution in [3.8, 4) is 5.82 Å². The highest BCUT2D eigenvalue weighted by atomic mass is 16.4. The first-order valence-electron chi connectivity index (χ1n) is 4.10. The average molecular weight is 189 g/mol. The second kappa shape index (κ2) is 3.61. The van der Waals surface area contributed by atoms with Crippen molar-refractivity contribution >= 4 is 12.6 Å². The Morgan fingerprint density at radius 3 is 2.71 bits per heavy atom. The summed E-state index contributed by atoms with van der Waals surface area (Å²) in [6.45, 7) is 0. The van der Waals surface area contributed by atoms with E-state index in [1.54, 1.807) is 36.8 Å². The molecule has 0 fully saturated rings. The molecule has 5 nitrogen and oxygen atoms in total. The fourth-order valence-electron chi connectivity index (χ4n) is 1.20. The zero-order chi connectivity index (χ0) is 9.97. The number of nitrogens with zero attached hydrogens (tertiary/aromatic N) is 3. The monoisotopic (exact) mass is 189 g/mol. The fourth-order valence-corrected chi connectivity index (χ4v) is 1.20. The van der Waals surface area contributed by atoms with E-state index in [-0.39, 0.29) is 0 Å². The number of hydrogen-bond acceptors (Lipinski definition) is 4. The largest absolute Gasteiger partial charge is 0.492 e. The van der Waals surface area contributed by atoms with Gasteiger partial charge in [0.25, 0.3) is 0 Å². The van der Waals surface area contributed by atoms with Gasteiger partial charge in [0, 0.05) is 24.1 Å². The lowest BCUT2D eigenvalue weighted by molar-refractivity contribution is 0.425. The van der Waals surface area contributed by atoms with Crippen LogP contribution in [0.2, 0.25) is 0 Å². The average Bonchev–Trinajstić information content (AvgIpc) is 2.70. The van der Waals surface area contributed by atoms with Crippen LogP contribution in [0.3, 0.4) is 0 Å². The van der Waals surface area contributed by atoms with Crippen molar-refractivity contribution in [3.05, 3.63) is 36.8 Å². The molecule has 2 N–H and O–H groups in total. The molecule has 2 heterocycles. The molecule has 0 unspecified atom stereocenters. The summed E-state index contributed by atoms with van der Waals surface area (Å²) in [5.74, 6) is 0.424. The fraction of sp³-hybridized carbons (Fsp3) is 0. The lowest BCUT2D eigenvalue weighted by Gasteiger charge is -2.06. The first kappa shape index (κ1) is 8.92. The number of hydrogen-bond donors (Lipinski definition) is 2. The molecular weight excluding hydrogens is 181 g/mol. The smallest absolute Gasteiger partial charge is 0.423 e. The lowest BCUT2D eigenvalue weighted by Crippen LogP contribution is -2.34. The van der Waals surface area contributed by atoms with E-state index in [0.717, 1.165) is 0 Å². The normalized spacial score (nSPS) is 10.1. The quantitative estimate of drug-likeness (QED) is 0.591. The zero-order valence-electron chi connectivity index (χ0n) is 7.28. The number of aromatic nitrogens is 3. The van der Waals surface area contributed by atoms with Crippen molar-refractivity contribution in [2.45, 2.75) is 0 Å². The summed E-state index contributed by atoms with van der Waals surface area (Å²) in [5, 5.41) is 22.1. The van der Waals surface area contributed by atoms with Crippen LogP contribution in [-0.2, 0) is 0 Å². The Bertz CT molecular complexity index is 416. The Balaban J connectivity index is 2.53. The highest BCUT2D eigenvalue weighted by molar-refractivity contribution is 6.59. The molecule has 0 bridgehead atoms. The van der Waals surface area contributed by atoms with Crippen LogP contribution in [-0.4, -0.2) is 31.9 Å². The second-order valence-electron chi connectivity index (χ2n) is 2.74. The van der Waals surface area contributed by atoms with Crippen LogP contribution in [0.4, 0.5) is 0 Å². The molecule has 0 spiro atoms. The molecular formula is C8H8BN3O2. The summed E-state index contributed by atoms with van der Waals surface area (Å²) in [6.07, 6.45) is 4.86. The minimum atomic E-state index is -1.54. The van der Waals surface area contributed by atoms with E-state index >= 15 is 0 Å². The van der Waals surface area contributed by atoms with Crippen LogP contribution in [0.15, 0.2) is 36.8 Å². The highest BCUT2D eigenvalue weighted by Crippen LogP contribution is 1.98. The van der Waals surface area contributed by atoms with Crippen LogP contribution in [0.25, 0.3) is 5.82 Å². The van der Waals surface area contributed by atoms with Gasteiger partial charge in [-0.3, -0.25) is 0 Å². The molecule has 6 heteroatoms. The molecule has 0 aliphatic rings. The van der Waals surface area contributed by atoms with Crippen LogP contribution in [0.5, 0.6) is 0 Å². The van der Waals surface area contributed by atoms with E-state index in [2.05, 4.69) is 10.1 Å². The number of pyridine rings is 1. The molecule has 0 radical (unpaired) electrons. The molecule has 2 rings (SSSR count). The third-order valence-corrected chi connectivity index (χ3v) is 1.82. The van der Waals surface area contributed by atoms with E-state index in [1.807, 2.05) is 0 Å². The summed E-state index contributed by atoms with van der Waals surface area (Å²) in [7, 11) is -1.54. The molecule has 0 aliphatic carbocycles. The summed E-state index contributed by atoms with van der Waals surface area (Å²) in [6, 6.07) is 4.97. The highest BCUT2D eigenvalue weighted by Gasteiger charge is 2.17. The van der Waals surface area contributed by atoms with Crippen molar-refractivity contribution in [1.82, 2.24) is 14.8 Å². The van der Waals surface area contributed by atoms with Gasteiger partial charge in [-0.1, -0.05) is 6.07 Å². The maximum absolute atomic E-state index is 9.08. The van der Waals surface area contributed by atoms with Crippen LogP contribution >= 0.6 is 0 Å². The third-order valence-electron chi connectivity index (χ3n) is 1.82. The molecule has 0 amide bonds. The standard InChI is InChI=1S/C8H8BN3O2/c13-9(14)7-3-1-4-10-8(7)12-6-2-5-11-12/h1-6,13-14H. The lowest BCUT2D eigenvalue weighted by atomic mass is 9.80. The minimum absolute atomic E-state index is 0.330. The van der Waals surface area contributed by atoms with Gasteiger partial charge < -0.3 is 10.0 Å². The molecule has 0 aromatic carbocycles. The van der Waals surface area contributed by atoms with Crippen molar-refractivity contribution in [2.24, 2.45) is 0 Å². The predicted molar refractivity (Wildman–Crippen MR) is 51.2 cm³/mol. The van der Waals surface area contributed by atoms with Crippen molar-refractivity contribution in [3.63, 3.8) is 0 Å². The summed E-state index contributed by atoms with van der Waals surface area (Å²) < 4.78 is 1.48. The Hall–Kier alpha value is -1.66. The molecule has 70 valence electrons. The molecule has 2 aromatic rings. The van der Waals surface area contributed by atoms with Crippen molar-refractivity contribution in [2.75, 3.05) is 0 Å². The molecule has 0 aliphatic heterocycles. The zero-order valence-corrected chi connectivity index (χ0v) is 7.28. The van der Waals surface area contributed by atoms with Gasteiger partial charge in [0.15, 0.2) is 5.82 Å². The van der Waals surface area contributed by atoms with Crippen LogP contribution < -0.4 is 5.46 Å². The Morgan fingerprint density at radius 2 is 2.07 bits per heavy atom. The Labute approximate surface area is 80.8 Å². The predicted octanol–water partition coefficient (Wildman–Crippen LogP) is -1.05.